The molecule has 40 heavy (non-hydrogen) atoms. The fourth-order valence-corrected chi connectivity index (χ4v) is 5.17. The number of fused-ring (bicyclic) bond motifs is 1. The zero-order valence-electron chi connectivity index (χ0n) is 23.0. The van der Waals surface area contributed by atoms with Crippen molar-refractivity contribution >= 4 is 28.8 Å². The molecule has 202 valence electrons. The number of aromatic nitrogens is 3. The molecule has 0 unspecified atom stereocenters. The first-order chi connectivity index (χ1) is 19.3. The minimum absolute atomic E-state index is 0.383. The normalized spacial score (nSPS) is 14.4. The van der Waals surface area contributed by atoms with E-state index in [1.807, 2.05) is 81.4 Å². The van der Waals surface area contributed by atoms with Crippen molar-refractivity contribution < 1.29 is 9.53 Å². The number of carbonyl (C=O) groups excluding carboxylic acids is 1. The lowest BCUT2D eigenvalue weighted by atomic mass is 9.72. The van der Waals surface area contributed by atoms with Crippen LogP contribution >= 0.6 is 0 Å². The molecule has 2 aromatic heterocycles. The Kier molecular flexibility index (Phi) is 6.50. The Bertz CT molecular complexity index is 1630. The van der Waals surface area contributed by atoms with Crippen LogP contribution in [-0.4, -0.2) is 26.2 Å². The first kappa shape index (κ1) is 25.6. The Morgan fingerprint density at radius 3 is 2.15 bits per heavy atom. The molecule has 1 amide bonds. The van der Waals surface area contributed by atoms with Gasteiger partial charge in [0.25, 0.3) is 0 Å². The van der Waals surface area contributed by atoms with E-state index in [2.05, 4.69) is 51.6 Å². The maximum absolute atomic E-state index is 12.6. The summed E-state index contributed by atoms with van der Waals surface area (Å²) in [4.78, 5) is 22.6. The lowest BCUT2D eigenvalue weighted by Crippen LogP contribution is -2.52. The van der Waals surface area contributed by atoms with Crippen LogP contribution in [0.1, 0.15) is 45.6 Å². The second kappa shape index (κ2) is 10.2. The Labute approximate surface area is 234 Å². The second-order valence-electron chi connectivity index (χ2n) is 11.3. The fourth-order valence-electron chi connectivity index (χ4n) is 5.17. The number of rotatable bonds is 6. The highest BCUT2D eigenvalue weighted by Gasteiger charge is 2.41. The van der Waals surface area contributed by atoms with Crippen molar-refractivity contribution in [2.75, 3.05) is 5.32 Å². The van der Waals surface area contributed by atoms with Gasteiger partial charge in [-0.1, -0.05) is 60.7 Å². The van der Waals surface area contributed by atoms with Gasteiger partial charge in [0, 0.05) is 16.9 Å². The van der Waals surface area contributed by atoms with Gasteiger partial charge in [-0.25, -0.2) is 14.8 Å². The number of imidazole rings is 1. The minimum atomic E-state index is -0.545. The number of para-hydroxylation sites is 1. The van der Waals surface area contributed by atoms with Gasteiger partial charge in [0.1, 0.15) is 22.8 Å². The Hall–Kier alpha value is -4.65. The van der Waals surface area contributed by atoms with Gasteiger partial charge in [0.2, 0.25) is 0 Å². The third kappa shape index (κ3) is 5.15. The van der Waals surface area contributed by atoms with Gasteiger partial charge in [-0.15, -0.1) is 0 Å². The van der Waals surface area contributed by atoms with Crippen LogP contribution in [0.2, 0.25) is 0 Å². The molecule has 0 radical (unpaired) electrons. The summed E-state index contributed by atoms with van der Waals surface area (Å²) in [6.45, 7) is 5.64. The largest absolute Gasteiger partial charge is 0.444 e. The quantitative estimate of drug-likeness (QED) is 0.234. The monoisotopic (exact) mass is 531 g/mol. The van der Waals surface area contributed by atoms with Crippen LogP contribution in [0.4, 0.5) is 16.3 Å². The van der Waals surface area contributed by atoms with E-state index in [0.717, 1.165) is 64.6 Å². The highest BCUT2D eigenvalue weighted by atomic mass is 16.6. The topological polar surface area (TPSA) is 81.1 Å². The van der Waals surface area contributed by atoms with Gasteiger partial charge in [-0.2, -0.15) is 0 Å². The van der Waals surface area contributed by atoms with Gasteiger partial charge in [-0.05, 0) is 82.0 Å². The van der Waals surface area contributed by atoms with Crippen LogP contribution in [0.5, 0.6) is 0 Å². The summed E-state index contributed by atoms with van der Waals surface area (Å²) in [5.41, 5.74) is 4.60. The zero-order valence-corrected chi connectivity index (χ0v) is 23.0. The van der Waals surface area contributed by atoms with E-state index < -0.39 is 11.1 Å². The number of hydrogen-bond acceptors (Lipinski definition) is 5. The number of benzene rings is 3. The number of hydrogen-bond donors (Lipinski definition) is 2. The molecule has 6 rings (SSSR count). The van der Waals surface area contributed by atoms with Crippen molar-refractivity contribution in [3.05, 3.63) is 103 Å². The predicted molar refractivity (Wildman–Crippen MR) is 159 cm³/mol. The van der Waals surface area contributed by atoms with Crippen LogP contribution in [0.3, 0.4) is 0 Å². The summed E-state index contributed by atoms with van der Waals surface area (Å²) >= 11 is 0. The van der Waals surface area contributed by atoms with Crippen molar-refractivity contribution in [1.29, 1.82) is 0 Å². The van der Waals surface area contributed by atoms with Gasteiger partial charge >= 0.3 is 6.09 Å². The summed E-state index contributed by atoms with van der Waals surface area (Å²) in [5.74, 6) is 1.56. The van der Waals surface area contributed by atoms with Crippen LogP contribution < -0.4 is 10.6 Å². The predicted octanol–water partition coefficient (Wildman–Crippen LogP) is 7.74. The van der Waals surface area contributed by atoms with Crippen molar-refractivity contribution in [2.45, 2.75) is 51.2 Å². The molecule has 0 atom stereocenters. The molecule has 7 heteroatoms. The van der Waals surface area contributed by atoms with Crippen LogP contribution in [0.25, 0.3) is 28.2 Å². The lowest BCUT2D eigenvalue weighted by Gasteiger charge is -2.43. The summed E-state index contributed by atoms with van der Waals surface area (Å²) in [5, 5.41) is 6.55. The molecule has 1 aliphatic rings. The molecular formula is C33H33N5O2. The summed E-state index contributed by atoms with van der Waals surface area (Å²) in [7, 11) is 0. The van der Waals surface area contributed by atoms with Crippen LogP contribution in [0, 0.1) is 0 Å². The number of nitrogens with one attached hydrogen (secondary N) is 2. The number of anilines is 2. The van der Waals surface area contributed by atoms with Gasteiger partial charge < -0.3 is 15.4 Å². The van der Waals surface area contributed by atoms with E-state index in [1.165, 1.54) is 0 Å². The van der Waals surface area contributed by atoms with Crippen LogP contribution in [-0.2, 0) is 10.3 Å². The number of carbonyl (C=O) groups is 1. The van der Waals surface area contributed by atoms with Crippen LogP contribution in [0.15, 0.2) is 97.1 Å². The molecule has 1 saturated carbocycles. The number of nitrogens with zero attached hydrogens (tertiary/aromatic N) is 3. The average Bonchev–Trinajstić information content (AvgIpc) is 3.30. The SMILES string of the molecule is CC(C)(C)OC(=O)NC1(c2ccc(-n3c(-c4ccccc4)nc4ccc(Nc5ccccc5)nc43)cc2)CCC1. The summed E-state index contributed by atoms with van der Waals surface area (Å²) in [6.07, 6.45) is 2.43. The number of amides is 1. The molecule has 1 fully saturated rings. The van der Waals surface area contributed by atoms with E-state index in [9.17, 15) is 4.79 Å². The maximum Gasteiger partial charge on any atom is 0.408 e. The standard InChI is InChI=1S/C33H33N5O2/c1-32(2,3)40-31(39)37-33(21-10-22-33)24-15-17-26(18-16-24)38-29(23-11-6-4-7-12-23)35-27-19-20-28(36-30(27)38)34-25-13-8-5-9-14-25/h4-9,11-20H,10,21-22H2,1-3H3,(H,34,36)(H,37,39). The van der Waals surface area contributed by atoms with E-state index >= 15 is 0 Å². The molecule has 5 aromatic rings. The molecule has 0 aliphatic heterocycles. The maximum atomic E-state index is 12.6. The highest BCUT2D eigenvalue weighted by Crippen LogP contribution is 2.42. The third-order valence-corrected chi connectivity index (χ3v) is 7.21. The Morgan fingerprint density at radius 2 is 1.52 bits per heavy atom. The number of ether oxygens (including phenoxy) is 1. The van der Waals surface area contributed by atoms with Crippen molar-refractivity contribution in [3.63, 3.8) is 0 Å². The van der Waals surface area contributed by atoms with E-state index in [4.69, 9.17) is 14.7 Å². The third-order valence-electron chi connectivity index (χ3n) is 7.21. The molecule has 0 spiro atoms. The molecule has 7 nitrogen and oxygen atoms in total. The highest BCUT2D eigenvalue weighted by molar-refractivity contribution is 5.82. The van der Waals surface area contributed by atoms with Gasteiger partial charge in [-0.3, -0.25) is 4.57 Å². The Morgan fingerprint density at radius 1 is 0.850 bits per heavy atom. The molecule has 1 aliphatic carbocycles. The molecule has 3 aromatic carbocycles. The second-order valence-corrected chi connectivity index (χ2v) is 11.3. The molecular weight excluding hydrogens is 498 g/mol. The average molecular weight is 532 g/mol. The molecule has 0 bridgehead atoms. The lowest BCUT2D eigenvalue weighted by molar-refractivity contribution is 0.0377. The van der Waals surface area contributed by atoms with E-state index in [1.54, 1.807) is 0 Å². The summed E-state index contributed by atoms with van der Waals surface area (Å²) in [6, 6.07) is 32.5. The Balaban J connectivity index is 1.39. The first-order valence-electron chi connectivity index (χ1n) is 13.7. The zero-order chi connectivity index (χ0) is 27.7. The van der Waals surface area contributed by atoms with E-state index in [0.29, 0.717) is 0 Å². The van der Waals surface area contributed by atoms with Crippen molar-refractivity contribution in [1.82, 2.24) is 19.9 Å². The summed E-state index contributed by atoms with van der Waals surface area (Å²) < 4.78 is 7.66. The fraction of sp³-hybridized carbons (Fsp3) is 0.242. The van der Waals surface area contributed by atoms with Crippen molar-refractivity contribution in [3.8, 4) is 17.1 Å². The molecule has 2 heterocycles. The molecule has 2 N–H and O–H groups in total. The van der Waals surface area contributed by atoms with E-state index in [-0.39, 0.29) is 6.09 Å². The number of pyridine rings is 1. The van der Waals surface area contributed by atoms with Crippen molar-refractivity contribution in [2.24, 2.45) is 0 Å². The number of alkyl carbamates (subject to hydrolysis) is 1. The minimum Gasteiger partial charge on any atom is -0.444 e. The first-order valence-corrected chi connectivity index (χ1v) is 13.7. The van der Waals surface area contributed by atoms with Gasteiger partial charge in [0.15, 0.2) is 5.65 Å². The molecule has 0 saturated heterocycles. The smallest absolute Gasteiger partial charge is 0.408 e. The van der Waals surface area contributed by atoms with Gasteiger partial charge in [0.05, 0.1) is 5.54 Å².